The fourth-order valence-corrected chi connectivity index (χ4v) is 5.75. The van der Waals surface area contributed by atoms with Crippen molar-refractivity contribution in [3.63, 3.8) is 0 Å². The quantitative estimate of drug-likeness (QED) is 0.637. The lowest BCUT2D eigenvalue weighted by molar-refractivity contribution is 0.548. The zero-order chi connectivity index (χ0) is 19.3. The van der Waals surface area contributed by atoms with Gasteiger partial charge < -0.3 is 9.88 Å². The molecule has 1 aliphatic heterocycles. The second kappa shape index (κ2) is 7.18. The molecule has 148 valence electrons. The fraction of sp³-hybridized carbons (Fsp3) is 0.579. The molecule has 7 nitrogen and oxygen atoms in total. The molecule has 5 rings (SSSR count). The van der Waals surface area contributed by atoms with Crippen molar-refractivity contribution in [1.82, 2.24) is 24.7 Å². The molecule has 9 heteroatoms. The molecule has 1 saturated heterocycles. The fourth-order valence-electron chi connectivity index (χ4n) is 3.83. The van der Waals surface area contributed by atoms with Crippen LogP contribution in [-0.4, -0.2) is 37.8 Å². The monoisotopic (exact) mass is 416 g/mol. The van der Waals surface area contributed by atoms with E-state index in [1.807, 2.05) is 13.8 Å². The predicted octanol–water partition coefficient (Wildman–Crippen LogP) is 3.81. The third-order valence-corrected chi connectivity index (χ3v) is 7.68. The third-order valence-electron chi connectivity index (χ3n) is 5.62. The first-order valence-electron chi connectivity index (χ1n) is 9.93. The zero-order valence-corrected chi connectivity index (χ0v) is 17.8. The largest absolute Gasteiger partial charge is 0.341 e. The Bertz CT molecular complexity index is 1070. The number of anilines is 1. The topological polar surface area (TPSA) is 79.7 Å². The average molecular weight is 417 g/mol. The Kier molecular flexibility index (Phi) is 4.66. The highest BCUT2D eigenvalue weighted by Gasteiger charge is 2.32. The van der Waals surface area contributed by atoms with Crippen LogP contribution in [0.3, 0.4) is 0 Å². The van der Waals surface area contributed by atoms with Gasteiger partial charge in [0.25, 0.3) is 5.56 Å². The van der Waals surface area contributed by atoms with Crippen LogP contribution in [0.2, 0.25) is 0 Å². The number of nitrogens with one attached hydrogen (secondary N) is 1. The van der Waals surface area contributed by atoms with Crippen molar-refractivity contribution >= 4 is 39.3 Å². The minimum atomic E-state index is -0.0416. The van der Waals surface area contributed by atoms with Gasteiger partial charge >= 0.3 is 0 Å². The smallest absolute Gasteiger partial charge is 0.259 e. The number of H-pyrrole nitrogens is 1. The van der Waals surface area contributed by atoms with E-state index in [1.54, 1.807) is 23.1 Å². The molecule has 4 heterocycles. The summed E-state index contributed by atoms with van der Waals surface area (Å²) in [5.74, 6) is 2.31. The summed E-state index contributed by atoms with van der Waals surface area (Å²) >= 11 is 3.21. The van der Waals surface area contributed by atoms with Crippen LogP contribution in [0.1, 0.15) is 54.4 Å². The summed E-state index contributed by atoms with van der Waals surface area (Å²) in [4.78, 5) is 24.5. The Balaban J connectivity index is 1.40. The minimum absolute atomic E-state index is 0.0416. The van der Waals surface area contributed by atoms with E-state index in [9.17, 15) is 4.79 Å². The standard InChI is InChI=1S/C19H24N6OS2/c1-11-12(2)28-17-15(11)16(26)20-14(21-17)10-27-19-23-22-18(25(19)13-6-7-13)24-8-4-3-5-9-24/h13H,3-10H2,1-2H3,(H,20,21,26). The number of aromatic nitrogens is 5. The van der Waals surface area contributed by atoms with E-state index in [0.717, 1.165) is 44.9 Å². The lowest BCUT2D eigenvalue weighted by Gasteiger charge is -2.27. The van der Waals surface area contributed by atoms with Crippen LogP contribution in [-0.2, 0) is 5.75 Å². The van der Waals surface area contributed by atoms with Gasteiger partial charge in [-0.15, -0.1) is 21.5 Å². The highest BCUT2D eigenvalue weighted by atomic mass is 32.2. The summed E-state index contributed by atoms with van der Waals surface area (Å²) in [6.07, 6.45) is 6.15. The Hall–Kier alpha value is -1.87. The number of hydrogen-bond acceptors (Lipinski definition) is 7. The summed E-state index contributed by atoms with van der Waals surface area (Å²) in [5.41, 5.74) is 0.993. The maximum absolute atomic E-state index is 12.5. The Morgan fingerprint density at radius 2 is 1.96 bits per heavy atom. The summed E-state index contributed by atoms with van der Waals surface area (Å²) in [6, 6.07) is 0.520. The first kappa shape index (κ1) is 18.2. The maximum atomic E-state index is 12.5. The summed E-state index contributed by atoms with van der Waals surface area (Å²) < 4.78 is 2.31. The number of rotatable bonds is 5. The van der Waals surface area contributed by atoms with E-state index in [0.29, 0.717) is 17.6 Å². The Labute approximate surface area is 171 Å². The second-order valence-corrected chi connectivity index (χ2v) is 9.84. The molecule has 1 aliphatic carbocycles. The van der Waals surface area contributed by atoms with Gasteiger partial charge in [-0.05, 0) is 51.5 Å². The van der Waals surface area contributed by atoms with Crippen LogP contribution in [0.15, 0.2) is 9.95 Å². The van der Waals surface area contributed by atoms with Gasteiger partial charge in [0, 0.05) is 24.0 Å². The lowest BCUT2D eigenvalue weighted by Crippen LogP contribution is -2.31. The lowest BCUT2D eigenvalue weighted by atomic mass is 10.1. The van der Waals surface area contributed by atoms with Gasteiger partial charge in [-0.3, -0.25) is 9.36 Å². The normalized spacial score (nSPS) is 17.6. The Morgan fingerprint density at radius 1 is 1.18 bits per heavy atom. The summed E-state index contributed by atoms with van der Waals surface area (Å²) in [7, 11) is 0. The van der Waals surface area contributed by atoms with Gasteiger partial charge in [0.05, 0.1) is 11.1 Å². The number of aryl methyl sites for hydroxylation is 2. The second-order valence-electron chi connectivity index (χ2n) is 7.70. The molecule has 3 aromatic heterocycles. The summed E-state index contributed by atoms with van der Waals surface area (Å²) in [6.45, 7) is 6.16. The van der Waals surface area contributed by atoms with Crippen molar-refractivity contribution in [2.24, 2.45) is 0 Å². The van der Waals surface area contributed by atoms with Gasteiger partial charge in [-0.2, -0.15) is 0 Å². The highest BCUT2D eigenvalue weighted by Crippen LogP contribution is 2.41. The van der Waals surface area contributed by atoms with E-state index >= 15 is 0 Å². The third kappa shape index (κ3) is 3.24. The van der Waals surface area contributed by atoms with Crippen LogP contribution in [0.4, 0.5) is 5.95 Å². The molecule has 2 aliphatic rings. The molecule has 0 spiro atoms. The number of nitrogens with zero attached hydrogens (tertiary/aromatic N) is 5. The number of aromatic amines is 1. The molecular weight excluding hydrogens is 392 g/mol. The van der Waals surface area contributed by atoms with Crippen molar-refractivity contribution in [2.45, 2.75) is 62.9 Å². The van der Waals surface area contributed by atoms with Crippen molar-refractivity contribution in [3.8, 4) is 0 Å². The van der Waals surface area contributed by atoms with Gasteiger partial charge in [0.2, 0.25) is 5.95 Å². The van der Waals surface area contributed by atoms with Gasteiger partial charge in [-0.25, -0.2) is 4.98 Å². The zero-order valence-electron chi connectivity index (χ0n) is 16.2. The van der Waals surface area contributed by atoms with Gasteiger partial charge in [-0.1, -0.05) is 11.8 Å². The number of piperidine rings is 1. The molecule has 2 fully saturated rings. The number of hydrogen-bond donors (Lipinski definition) is 1. The van der Waals surface area contributed by atoms with Crippen molar-refractivity contribution in [2.75, 3.05) is 18.0 Å². The molecule has 0 radical (unpaired) electrons. The highest BCUT2D eigenvalue weighted by molar-refractivity contribution is 7.98. The van der Waals surface area contributed by atoms with Gasteiger partial charge in [0.1, 0.15) is 10.7 Å². The molecule has 0 bridgehead atoms. The van der Waals surface area contributed by atoms with E-state index < -0.39 is 0 Å². The van der Waals surface area contributed by atoms with Crippen LogP contribution < -0.4 is 10.5 Å². The van der Waals surface area contributed by atoms with Crippen molar-refractivity contribution in [1.29, 1.82) is 0 Å². The number of fused-ring (bicyclic) bond motifs is 1. The van der Waals surface area contributed by atoms with Gasteiger partial charge in [0.15, 0.2) is 5.16 Å². The Morgan fingerprint density at radius 3 is 2.71 bits per heavy atom. The van der Waals surface area contributed by atoms with Crippen LogP contribution in [0.25, 0.3) is 10.2 Å². The maximum Gasteiger partial charge on any atom is 0.259 e. The molecule has 0 unspecified atom stereocenters. The van der Waals surface area contributed by atoms with Crippen LogP contribution in [0, 0.1) is 13.8 Å². The molecule has 1 N–H and O–H groups in total. The molecule has 3 aromatic rings. The average Bonchev–Trinajstić information content (AvgIpc) is 3.38. The summed E-state index contributed by atoms with van der Waals surface area (Å²) in [5, 5.41) is 10.7. The number of thiophene rings is 1. The predicted molar refractivity (Wildman–Crippen MR) is 114 cm³/mol. The van der Waals surface area contributed by atoms with E-state index in [2.05, 4.69) is 24.6 Å². The van der Waals surface area contributed by atoms with E-state index in [-0.39, 0.29) is 5.56 Å². The van der Waals surface area contributed by atoms with Crippen molar-refractivity contribution < 1.29 is 0 Å². The van der Waals surface area contributed by atoms with E-state index in [1.165, 1.54) is 32.1 Å². The molecule has 0 aromatic carbocycles. The molecule has 0 atom stereocenters. The molecule has 28 heavy (non-hydrogen) atoms. The molecule has 0 amide bonds. The molecular formula is C19H24N6OS2. The van der Waals surface area contributed by atoms with Crippen LogP contribution in [0.5, 0.6) is 0 Å². The van der Waals surface area contributed by atoms with Crippen molar-refractivity contribution in [3.05, 3.63) is 26.6 Å². The first-order valence-corrected chi connectivity index (χ1v) is 11.7. The minimum Gasteiger partial charge on any atom is -0.341 e. The van der Waals surface area contributed by atoms with E-state index in [4.69, 9.17) is 4.98 Å². The van der Waals surface area contributed by atoms with Crippen LogP contribution >= 0.6 is 23.1 Å². The number of thioether (sulfide) groups is 1. The first-order chi connectivity index (χ1) is 13.6. The SMILES string of the molecule is Cc1sc2nc(CSc3nnc(N4CCCCC4)n3C3CC3)[nH]c(=O)c2c1C. The molecule has 1 saturated carbocycles.